The molecule has 200 valence electrons. The second-order valence-corrected chi connectivity index (χ2v) is 8.17. The Kier molecular flexibility index (Phi) is 11.3. The summed E-state index contributed by atoms with van der Waals surface area (Å²) in [5.74, 6) is 0. The molecule has 14 heteroatoms. The molecule has 0 aromatic heterocycles. The first-order valence-corrected chi connectivity index (χ1v) is 11.1. The molecule has 0 aromatic rings. The smallest absolute Gasteiger partial charge is 0.220 e. The summed E-state index contributed by atoms with van der Waals surface area (Å²) in [6.45, 7) is 0.311. The molecule has 3 fully saturated rings. The van der Waals surface area contributed by atoms with Gasteiger partial charge in [0, 0.05) is 21.3 Å². The molecule has 0 saturated carbocycles. The molecule has 0 radical (unpaired) electrons. The van der Waals surface area contributed by atoms with E-state index in [9.17, 15) is 20.4 Å². The third-order valence-electron chi connectivity index (χ3n) is 5.70. The van der Waals surface area contributed by atoms with Crippen LogP contribution in [0.2, 0.25) is 0 Å². The zero-order chi connectivity index (χ0) is 24.7. The maximum atomic E-state index is 10.8. The van der Waals surface area contributed by atoms with Crippen molar-refractivity contribution in [2.24, 2.45) is 0 Å². The lowest BCUT2D eigenvalue weighted by atomic mass is 9.98. The third kappa shape index (κ3) is 7.02. The van der Waals surface area contributed by atoms with Crippen molar-refractivity contribution in [2.75, 3.05) is 61.0 Å². The average Bonchev–Trinajstić information content (AvgIpc) is 3.66. The number of hydrogen-bond donors (Lipinski definition) is 4. The van der Waals surface area contributed by atoms with Crippen molar-refractivity contribution in [1.29, 1.82) is 0 Å². The lowest BCUT2D eigenvalue weighted by Gasteiger charge is -2.44. The summed E-state index contributed by atoms with van der Waals surface area (Å²) in [6, 6.07) is 0. The van der Waals surface area contributed by atoms with Crippen molar-refractivity contribution in [3.8, 4) is 0 Å². The van der Waals surface area contributed by atoms with Crippen molar-refractivity contribution in [2.45, 2.75) is 67.5 Å². The van der Waals surface area contributed by atoms with Gasteiger partial charge in [-0.05, 0) is 0 Å². The molecule has 3 aliphatic heterocycles. The number of aliphatic hydroxyl groups is 4. The highest BCUT2D eigenvalue weighted by molar-refractivity contribution is 4.92. The van der Waals surface area contributed by atoms with Crippen LogP contribution in [-0.2, 0) is 47.7 Å². The topological polar surface area (TPSA) is 177 Å². The standard InChI is InChI=1S/C20H36O14/c1-25-8-11-13(22)15(24)17(30-7-10-6-29-10)20(32-11)34-33-16-14(23)12(9-26-2)31-19(27-3)18(16)28-5-4-21/h10-24H,4-9H2,1-3H3. The van der Waals surface area contributed by atoms with E-state index in [1.165, 1.54) is 21.3 Å². The predicted octanol–water partition coefficient (Wildman–Crippen LogP) is -3.06. The van der Waals surface area contributed by atoms with Crippen molar-refractivity contribution >= 4 is 0 Å². The van der Waals surface area contributed by atoms with Gasteiger partial charge in [-0.3, -0.25) is 0 Å². The van der Waals surface area contributed by atoms with Gasteiger partial charge in [0.15, 0.2) is 12.4 Å². The van der Waals surface area contributed by atoms with Crippen LogP contribution in [-0.4, -0.2) is 149 Å². The van der Waals surface area contributed by atoms with Crippen LogP contribution >= 0.6 is 0 Å². The normalized spacial score (nSPS) is 42.6. The van der Waals surface area contributed by atoms with Gasteiger partial charge in [-0.2, -0.15) is 0 Å². The van der Waals surface area contributed by atoms with Crippen molar-refractivity contribution in [3.63, 3.8) is 0 Å². The summed E-state index contributed by atoms with van der Waals surface area (Å²) in [5, 5.41) is 41.1. The van der Waals surface area contributed by atoms with Crippen LogP contribution < -0.4 is 0 Å². The van der Waals surface area contributed by atoms with E-state index in [-0.39, 0.29) is 39.1 Å². The zero-order valence-electron chi connectivity index (χ0n) is 19.5. The lowest BCUT2D eigenvalue weighted by molar-refractivity contribution is -0.468. The van der Waals surface area contributed by atoms with Gasteiger partial charge in [-0.25, -0.2) is 9.78 Å². The number of methoxy groups -OCH3 is 3. The van der Waals surface area contributed by atoms with Crippen molar-refractivity contribution in [3.05, 3.63) is 0 Å². The number of aliphatic hydroxyl groups excluding tert-OH is 4. The molecule has 14 nitrogen and oxygen atoms in total. The molecule has 3 heterocycles. The van der Waals surface area contributed by atoms with Gasteiger partial charge in [0.05, 0.1) is 39.6 Å². The molecule has 34 heavy (non-hydrogen) atoms. The Morgan fingerprint density at radius 2 is 1.38 bits per heavy atom. The Morgan fingerprint density at radius 1 is 0.735 bits per heavy atom. The van der Waals surface area contributed by atoms with Gasteiger partial charge in [0.25, 0.3) is 0 Å². The summed E-state index contributed by atoms with van der Waals surface area (Å²) in [4.78, 5) is 11.1. The average molecular weight is 500 g/mol. The molecule has 3 aliphatic rings. The van der Waals surface area contributed by atoms with E-state index in [2.05, 4.69) is 0 Å². The molecule has 0 aliphatic carbocycles. The zero-order valence-corrected chi connectivity index (χ0v) is 19.5. The maximum absolute atomic E-state index is 10.8. The van der Waals surface area contributed by atoms with Gasteiger partial charge < -0.3 is 58.3 Å². The molecule has 11 unspecified atom stereocenters. The molecule has 0 bridgehead atoms. The molecule has 0 amide bonds. The molecule has 3 saturated heterocycles. The minimum absolute atomic E-state index is 0.0274. The minimum atomic E-state index is -1.38. The van der Waals surface area contributed by atoms with E-state index in [0.717, 1.165) is 0 Å². The van der Waals surface area contributed by atoms with E-state index in [1.807, 2.05) is 0 Å². The van der Waals surface area contributed by atoms with E-state index in [1.54, 1.807) is 0 Å². The summed E-state index contributed by atoms with van der Waals surface area (Å²) < 4.78 is 43.3. The van der Waals surface area contributed by atoms with Gasteiger partial charge in [0.2, 0.25) is 6.29 Å². The van der Waals surface area contributed by atoms with Crippen LogP contribution in [0.1, 0.15) is 0 Å². The van der Waals surface area contributed by atoms with Crippen molar-refractivity contribution in [1.82, 2.24) is 0 Å². The monoisotopic (exact) mass is 500 g/mol. The third-order valence-corrected chi connectivity index (χ3v) is 5.70. The fourth-order valence-electron chi connectivity index (χ4n) is 3.82. The second-order valence-electron chi connectivity index (χ2n) is 8.17. The number of ether oxygens (including phenoxy) is 8. The van der Waals surface area contributed by atoms with Crippen LogP contribution in [0.3, 0.4) is 0 Å². The highest BCUT2D eigenvalue weighted by Gasteiger charge is 2.51. The molecule has 4 N–H and O–H groups in total. The fourth-order valence-corrected chi connectivity index (χ4v) is 3.82. The fraction of sp³-hybridized carbons (Fsp3) is 1.00. The van der Waals surface area contributed by atoms with Gasteiger partial charge in [0.1, 0.15) is 48.8 Å². The Balaban J connectivity index is 1.73. The van der Waals surface area contributed by atoms with E-state index in [0.29, 0.717) is 6.61 Å². The summed E-state index contributed by atoms with van der Waals surface area (Å²) in [6.07, 6.45) is -11.4. The SMILES string of the molecule is COCC1OC(OOC2C(O)C(COC)OC(OC)C2OCCO)C(OCC2CO2)C(O)C1O. The second kappa shape index (κ2) is 13.7. The molecular formula is C20H36O14. The van der Waals surface area contributed by atoms with E-state index in [4.69, 9.17) is 47.7 Å². The minimum Gasteiger partial charge on any atom is -0.394 e. The Labute approximate surface area is 197 Å². The van der Waals surface area contributed by atoms with Gasteiger partial charge in [-0.1, -0.05) is 0 Å². The Hall–Kier alpha value is -0.560. The van der Waals surface area contributed by atoms with Crippen LogP contribution in [0.25, 0.3) is 0 Å². The number of epoxide rings is 1. The largest absolute Gasteiger partial charge is 0.394 e. The molecule has 0 aromatic carbocycles. The highest BCUT2D eigenvalue weighted by atomic mass is 17.2. The van der Waals surface area contributed by atoms with Crippen LogP contribution in [0, 0.1) is 0 Å². The quantitative estimate of drug-likeness (QED) is 0.107. The van der Waals surface area contributed by atoms with Gasteiger partial charge in [-0.15, -0.1) is 0 Å². The van der Waals surface area contributed by atoms with Crippen LogP contribution in [0.15, 0.2) is 0 Å². The van der Waals surface area contributed by atoms with Gasteiger partial charge >= 0.3 is 0 Å². The highest BCUT2D eigenvalue weighted by Crippen LogP contribution is 2.30. The van der Waals surface area contributed by atoms with Crippen LogP contribution in [0.4, 0.5) is 0 Å². The number of rotatable bonds is 14. The van der Waals surface area contributed by atoms with E-state index >= 15 is 0 Å². The summed E-state index contributed by atoms with van der Waals surface area (Å²) in [7, 11) is 4.26. The van der Waals surface area contributed by atoms with Crippen molar-refractivity contribution < 1.29 is 68.1 Å². The molecule has 0 spiro atoms. The molecular weight excluding hydrogens is 464 g/mol. The van der Waals surface area contributed by atoms with E-state index < -0.39 is 61.4 Å². The predicted molar refractivity (Wildman–Crippen MR) is 108 cm³/mol. The summed E-state index contributed by atoms with van der Waals surface area (Å²) in [5.41, 5.74) is 0. The first-order chi connectivity index (χ1) is 16.4. The van der Waals surface area contributed by atoms with Crippen LogP contribution in [0.5, 0.6) is 0 Å². The maximum Gasteiger partial charge on any atom is 0.220 e. The molecule has 11 atom stereocenters. The first-order valence-electron chi connectivity index (χ1n) is 11.1. The Morgan fingerprint density at radius 3 is 1.97 bits per heavy atom. The first kappa shape index (κ1) is 28.0. The Bertz CT molecular complexity index is 579. The number of hydrogen-bond acceptors (Lipinski definition) is 14. The lowest BCUT2D eigenvalue weighted by Crippen LogP contribution is -2.63. The summed E-state index contributed by atoms with van der Waals surface area (Å²) >= 11 is 0. The molecule has 3 rings (SSSR count).